The molecule has 1 N–H and O–H groups in total. The Hall–Kier alpha value is -1.93. The predicted octanol–water partition coefficient (Wildman–Crippen LogP) is 2.74. The Morgan fingerprint density at radius 3 is 2.33 bits per heavy atom. The molecular weight excluding hydrogens is 265 g/mol. The number of halogens is 5. The average Bonchev–Trinajstić information content (AvgIpc) is 2.25. The maximum atomic E-state index is 12.7. The number of hydrogen-bond donors (Lipinski definition) is 1. The highest BCUT2D eigenvalue weighted by atomic mass is 19.4. The van der Waals surface area contributed by atoms with Crippen LogP contribution in [-0.4, -0.2) is 23.2 Å². The van der Waals surface area contributed by atoms with E-state index in [2.05, 4.69) is 9.72 Å². The summed E-state index contributed by atoms with van der Waals surface area (Å²) in [5.41, 5.74) is -4.87. The molecule has 0 bridgehead atoms. The molecule has 1 rings (SSSR count). The van der Waals surface area contributed by atoms with Gasteiger partial charge >= 0.3 is 12.1 Å². The molecule has 9 heteroatoms. The molecule has 0 aliphatic heterocycles. The number of aromatic nitrogens is 1. The van der Waals surface area contributed by atoms with Gasteiger partial charge in [-0.25, -0.2) is 18.6 Å². The van der Waals surface area contributed by atoms with E-state index < -0.39 is 41.1 Å². The van der Waals surface area contributed by atoms with Crippen molar-refractivity contribution in [3.05, 3.63) is 22.9 Å². The van der Waals surface area contributed by atoms with Crippen LogP contribution in [0, 0.1) is 0 Å². The van der Waals surface area contributed by atoms with Crippen molar-refractivity contribution in [2.24, 2.45) is 0 Å². The van der Waals surface area contributed by atoms with Gasteiger partial charge in [0, 0.05) is 6.20 Å². The third-order valence-corrected chi connectivity index (χ3v) is 2.01. The fraction of sp³-hybridized carbons (Fsp3) is 0.333. The smallest absolute Gasteiger partial charge is 0.417 e. The van der Waals surface area contributed by atoms with E-state index in [9.17, 15) is 26.7 Å². The van der Waals surface area contributed by atoms with Crippen molar-refractivity contribution in [3.63, 3.8) is 0 Å². The van der Waals surface area contributed by atoms with Gasteiger partial charge in [-0.15, -0.1) is 0 Å². The minimum atomic E-state index is -5.25. The quantitative estimate of drug-likeness (QED) is 0.859. The van der Waals surface area contributed by atoms with E-state index in [1.807, 2.05) is 0 Å². The fourth-order valence-electron chi connectivity index (χ4n) is 1.34. The van der Waals surface area contributed by atoms with Crippen LogP contribution in [0.5, 0.6) is 5.88 Å². The highest BCUT2D eigenvalue weighted by molar-refractivity contribution is 5.90. The lowest BCUT2D eigenvalue weighted by Gasteiger charge is -2.16. The summed E-state index contributed by atoms with van der Waals surface area (Å²) in [4.78, 5) is 13.7. The van der Waals surface area contributed by atoms with E-state index in [4.69, 9.17) is 5.11 Å². The van der Waals surface area contributed by atoms with Gasteiger partial charge in [-0.2, -0.15) is 13.2 Å². The van der Waals surface area contributed by atoms with Gasteiger partial charge in [0.15, 0.2) is 0 Å². The normalized spacial score (nSPS) is 11.7. The van der Waals surface area contributed by atoms with Crippen LogP contribution in [0.15, 0.2) is 6.20 Å². The Bertz CT molecular complexity index is 472. The highest BCUT2D eigenvalue weighted by Crippen LogP contribution is 2.41. The van der Waals surface area contributed by atoms with Gasteiger partial charge in [-0.3, -0.25) is 0 Å². The molecule has 1 aromatic rings. The van der Waals surface area contributed by atoms with Crippen LogP contribution in [0.25, 0.3) is 0 Å². The summed E-state index contributed by atoms with van der Waals surface area (Å²) in [6.45, 7) is 0. The summed E-state index contributed by atoms with van der Waals surface area (Å²) in [6, 6.07) is 0. The summed E-state index contributed by atoms with van der Waals surface area (Å²) in [5.74, 6) is -2.96. The lowest BCUT2D eigenvalue weighted by Crippen LogP contribution is -2.18. The molecule has 0 aliphatic carbocycles. The first-order valence-electron chi connectivity index (χ1n) is 4.35. The highest BCUT2D eigenvalue weighted by Gasteiger charge is 2.42. The largest absolute Gasteiger partial charge is 0.481 e. The number of carbonyl (C=O) groups is 1. The van der Waals surface area contributed by atoms with Crippen molar-refractivity contribution in [2.75, 3.05) is 7.11 Å². The van der Waals surface area contributed by atoms with Gasteiger partial charge in [0.25, 0.3) is 6.43 Å². The number of aromatic carboxylic acids is 1. The van der Waals surface area contributed by atoms with Crippen LogP contribution in [0.2, 0.25) is 0 Å². The Balaban J connectivity index is 3.71. The Kier molecular flexibility index (Phi) is 3.73. The SMILES string of the molecule is COc1ncc(C(=O)O)c(C(F)(F)F)c1C(F)F. The molecule has 1 aromatic heterocycles. The fourth-order valence-corrected chi connectivity index (χ4v) is 1.34. The second-order valence-electron chi connectivity index (χ2n) is 3.07. The number of hydrogen-bond acceptors (Lipinski definition) is 3. The zero-order valence-corrected chi connectivity index (χ0v) is 8.76. The lowest BCUT2D eigenvalue weighted by molar-refractivity contribution is -0.140. The van der Waals surface area contributed by atoms with Crippen LogP contribution in [-0.2, 0) is 6.18 Å². The molecule has 4 nitrogen and oxygen atoms in total. The van der Waals surface area contributed by atoms with Crippen molar-refractivity contribution in [2.45, 2.75) is 12.6 Å². The summed E-state index contributed by atoms with van der Waals surface area (Å²) < 4.78 is 67.6. The van der Waals surface area contributed by atoms with Gasteiger partial charge < -0.3 is 9.84 Å². The maximum absolute atomic E-state index is 12.7. The number of carboxylic acid groups (broad SMARTS) is 1. The molecule has 0 aliphatic rings. The van der Waals surface area contributed by atoms with Crippen molar-refractivity contribution in [1.82, 2.24) is 4.98 Å². The van der Waals surface area contributed by atoms with Crippen LogP contribution in [0.3, 0.4) is 0 Å². The van der Waals surface area contributed by atoms with Crippen LogP contribution >= 0.6 is 0 Å². The van der Waals surface area contributed by atoms with E-state index in [1.54, 1.807) is 0 Å². The van der Waals surface area contributed by atoms with Gasteiger partial charge in [-0.1, -0.05) is 0 Å². The molecule has 1 heterocycles. The Morgan fingerprint density at radius 2 is 2.00 bits per heavy atom. The van der Waals surface area contributed by atoms with Crippen molar-refractivity contribution >= 4 is 5.97 Å². The van der Waals surface area contributed by atoms with Gasteiger partial charge in [0.2, 0.25) is 5.88 Å². The molecule has 0 fully saturated rings. The summed E-state index contributed by atoms with van der Waals surface area (Å²) in [7, 11) is 0.856. The second-order valence-corrected chi connectivity index (χ2v) is 3.07. The summed E-state index contributed by atoms with van der Waals surface area (Å²) in [5, 5.41) is 8.57. The molecule has 100 valence electrons. The molecule has 0 spiro atoms. The van der Waals surface area contributed by atoms with E-state index in [-0.39, 0.29) is 0 Å². The van der Waals surface area contributed by atoms with Crippen LogP contribution in [0.4, 0.5) is 22.0 Å². The number of nitrogens with zero attached hydrogens (tertiary/aromatic N) is 1. The first kappa shape index (κ1) is 14.1. The van der Waals surface area contributed by atoms with Crippen LogP contribution < -0.4 is 4.74 Å². The topological polar surface area (TPSA) is 59.4 Å². The first-order valence-corrected chi connectivity index (χ1v) is 4.35. The van der Waals surface area contributed by atoms with Gasteiger partial charge in [0.1, 0.15) is 0 Å². The molecule has 0 saturated heterocycles. The monoisotopic (exact) mass is 271 g/mol. The second kappa shape index (κ2) is 4.75. The molecule has 18 heavy (non-hydrogen) atoms. The maximum Gasteiger partial charge on any atom is 0.417 e. The standard InChI is InChI=1S/C9H6F5NO3/c1-18-7-4(6(10)11)5(9(12,13)14)3(2-15-7)8(16)17/h2,6H,1H3,(H,16,17). The van der Waals surface area contributed by atoms with Crippen molar-refractivity contribution in [3.8, 4) is 5.88 Å². The van der Waals surface area contributed by atoms with Gasteiger partial charge in [-0.05, 0) is 0 Å². The molecule has 0 atom stereocenters. The number of pyridine rings is 1. The zero-order valence-electron chi connectivity index (χ0n) is 8.76. The minimum absolute atomic E-state index is 0.329. The summed E-state index contributed by atoms with van der Waals surface area (Å²) >= 11 is 0. The zero-order chi connectivity index (χ0) is 14.1. The molecule has 0 saturated carbocycles. The third-order valence-electron chi connectivity index (χ3n) is 2.01. The molecule has 0 amide bonds. The number of methoxy groups -OCH3 is 1. The van der Waals surface area contributed by atoms with E-state index in [0.717, 1.165) is 7.11 Å². The average molecular weight is 271 g/mol. The summed E-state index contributed by atoms with van der Waals surface area (Å²) in [6.07, 6.45) is -8.49. The van der Waals surface area contributed by atoms with Crippen LogP contribution in [0.1, 0.15) is 27.9 Å². The van der Waals surface area contributed by atoms with E-state index in [1.165, 1.54) is 0 Å². The predicted molar refractivity (Wildman–Crippen MR) is 47.7 cm³/mol. The molecule has 0 aromatic carbocycles. The number of rotatable bonds is 3. The third kappa shape index (κ3) is 2.49. The number of alkyl halides is 5. The Labute approximate surface area is 97.0 Å². The Morgan fingerprint density at radius 1 is 1.44 bits per heavy atom. The van der Waals surface area contributed by atoms with Crippen molar-refractivity contribution < 1.29 is 36.6 Å². The number of carboxylic acids is 1. The first-order chi connectivity index (χ1) is 8.20. The molecule has 0 radical (unpaired) electrons. The molecular formula is C9H6F5NO3. The van der Waals surface area contributed by atoms with Crippen molar-refractivity contribution in [1.29, 1.82) is 0 Å². The number of ether oxygens (including phenoxy) is 1. The minimum Gasteiger partial charge on any atom is -0.481 e. The molecule has 0 unspecified atom stereocenters. The lowest BCUT2D eigenvalue weighted by atomic mass is 10.0. The van der Waals surface area contributed by atoms with E-state index >= 15 is 0 Å². The van der Waals surface area contributed by atoms with Gasteiger partial charge in [0.05, 0.1) is 23.8 Å². The van der Waals surface area contributed by atoms with E-state index in [0.29, 0.717) is 6.20 Å².